The minimum atomic E-state index is -3.71. The van der Waals surface area contributed by atoms with Gasteiger partial charge < -0.3 is 0 Å². The molecule has 1 atom stereocenters. The molecule has 0 N–H and O–H groups in total. The van der Waals surface area contributed by atoms with Crippen LogP contribution < -0.4 is 4.31 Å². The lowest BCUT2D eigenvalue weighted by Gasteiger charge is -2.33. The van der Waals surface area contributed by atoms with Crippen molar-refractivity contribution in [3.05, 3.63) is 108 Å². The third-order valence-electron chi connectivity index (χ3n) is 4.78. The fourth-order valence-electron chi connectivity index (χ4n) is 3.30. The first-order valence-electron chi connectivity index (χ1n) is 9.17. The van der Waals surface area contributed by atoms with E-state index >= 15 is 0 Å². The Morgan fingerprint density at radius 3 is 2.29 bits per heavy atom. The van der Waals surface area contributed by atoms with E-state index in [0.717, 1.165) is 16.7 Å². The molecule has 4 rings (SSSR count). The van der Waals surface area contributed by atoms with Crippen molar-refractivity contribution in [1.29, 1.82) is 0 Å². The topological polar surface area (TPSA) is 37.4 Å². The van der Waals surface area contributed by atoms with Crippen LogP contribution in [-0.2, 0) is 10.0 Å². The normalized spacial score (nSPS) is 16.3. The van der Waals surface area contributed by atoms with Gasteiger partial charge in [-0.1, -0.05) is 90.5 Å². The standard InChI is InChI=1S/C24H21NO2S/c1-19-11-17-23(18-12-19)28(26,27)25-22(15-13-20-7-3-2-4-8-20)16-14-21-9-5-6-10-24(21)25/h2-18,22H,1H3/b15-13+. The monoisotopic (exact) mass is 387 g/mol. The number of aryl methyl sites for hydroxylation is 1. The first kappa shape index (κ1) is 18.3. The van der Waals surface area contributed by atoms with E-state index in [1.54, 1.807) is 12.1 Å². The lowest BCUT2D eigenvalue weighted by molar-refractivity contribution is 0.589. The molecule has 1 unspecified atom stereocenters. The third kappa shape index (κ3) is 3.51. The molecule has 0 saturated heterocycles. The molecule has 0 amide bonds. The summed E-state index contributed by atoms with van der Waals surface area (Å²) in [6, 6.07) is 24.0. The van der Waals surface area contributed by atoms with Gasteiger partial charge in [-0.3, -0.25) is 4.31 Å². The Kier molecular flexibility index (Phi) is 4.88. The molecule has 0 bridgehead atoms. The Balaban J connectivity index is 1.80. The minimum Gasteiger partial charge on any atom is -0.255 e. The smallest absolute Gasteiger partial charge is 0.255 e. The van der Waals surface area contributed by atoms with Crippen LogP contribution in [0.1, 0.15) is 16.7 Å². The van der Waals surface area contributed by atoms with Gasteiger partial charge in [-0.25, -0.2) is 8.42 Å². The molecule has 0 radical (unpaired) electrons. The molecule has 1 heterocycles. The van der Waals surface area contributed by atoms with Crippen molar-refractivity contribution in [3.8, 4) is 0 Å². The second-order valence-electron chi connectivity index (χ2n) is 6.79. The van der Waals surface area contributed by atoms with Crippen LogP contribution >= 0.6 is 0 Å². The van der Waals surface area contributed by atoms with Gasteiger partial charge in [0.25, 0.3) is 10.0 Å². The molecule has 0 aliphatic carbocycles. The molecular formula is C24H21NO2S. The van der Waals surface area contributed by atoms with E-state index in [2.05, 4.69) is 0 Å². The van der Waals surface area contributed by atoms with Crippen LogP contribution in [0.15, 0.2) is 95.9 Å². The first-order valence-corrected chi connectivity index (χ1v) is 10.6. The van der Waals surface area contributed by atoms with Crippen LogP contribution in [0.5, 0.6) is 0 Å². The van der Waals surface area contributed by atoms with E-state index in [-0.39, 0.29) is 0 Å². The highest BCUT2D eigenvalue weighted by Gasteiger charge is 2.32. The summed E-state index contributed by atoms with van der Waals surface area (Å²) in [6.07, 6.45) is 7.79. The summed E-state index contributed by atoms with van der Waals surface area (Å²) in [6.45, 7) is 1.95. The van der Waals surface area contributed by atoms with Gasteiger partial charge in [0.1, 0.15) is 0 Å². The number of para-hydroxylation sites is 1. The summed E-state index contributed by atoms with van der Waals surface area (Å²) in [5.74, 6) is 0. The molecule has 3 aromatic carbocycles. The highest BCUT2D eigenvalue weighted by molar-refractivity contribution is 7.92. The molecule has 0 spiro atoms. The van der Waals surface area contributed by atoms with Gasteiger partial charge in [-0.05, 0) is 36.2 Å². The highest BCUT2D eigenvalue weighted by atomic mass is 32.2. The van der Waals surface area contributed by atoms with E-state index in [9.17, 15) is 8.42 Å². The van der Waals surface area contributed by atoms with Crippen molar-refractivity contribution >= 4 is 27.9 Å². The zero-order chi connectivity index (χ0) is 19.6. The molecule has 0 aromatic heterocycles. The van der Waals surface area contributed by atoms with Crippen molar-refractivity contribution in [3.63, 3.8) is 0 Å². The molecule has 0 saturated carbocycles. The number of nitrogens with zero attached hydrogens (tertiary/aromatic N) is 1. The maximum atomic E-state index is 13.5. The second-order valence-corrected chi connectivity index (χ2v) is 8.61. The van der Waals surface area contributed by atoms with Crippen LogP contribution in [-0.4, -0.2) is 14.5 Å². The number of rotatable bonds is 4. The maximum Gasteiger partial charge on any atom is 0.265 e. The number of sulfonamides is 1. The lowest BCUT2D eigenvalue weighted by atomic mass is 10.0. The van der Waals surface area contributed by atoms with E-state index in [1.807, 2.05) is 98.0 Å². The van der Waals surface area contributed by atoms with Gasteiger partial charge in [-0.15, -0.1) is 0 Å². The largest absolute Gasteiger partial charge is 0.265 e. The maximum absolute atomic E-state index is 13.5. The van der Waals surface area contributed by atoms with Crippen LogP contribution in [0.25, 0.3) is 12.2 Å². The Hall–Kier alpha value is -3.11. The Bertz CT molecular complexity index is 1130. The number of hydrogen-bond acceptors (Lipinski definition) is 2. The molecule has 0 fully saturated rings. The minimum absolute atomic E-state index is 0.293. The Morgan fingerprint density at radius 1 is 0.857 bits per heavy atom. The summed E-state index contributed by atoms with van der Waals surface area (Å²) in [5, 5.41) is 0. The molecule has 140 valence electrons. The van der Waals surface area contributed by atoms with Crippen molar-refractivity contribution in [1.82, 2.24) is 0 Å². The average Bonchev–Trinajstić information content (AvgIpc) is 2.72. The highest BCUT2D eigenvalue weighted by Crippen LogP contribution is 2.34. The van der Waals surface area contributed by atoms with E-state index < -0.39 is 16.1 Å². The SMILES string of the molecule is Cc1ccc(S(=O)(=O)N2c3ccccc3C=CC2/C=C/c2ccccc2)cc1. The van der Waals surface area contributed by atoms with Crippen molar-refractivity contribution in [2.24, 2.45) is 0 Å². The van der Waals surface area contributed by atoms with Gasteiger partial charge in [0.2, 0.25) is 0 Å². The molecular weight excluding hydrogens is 366 g/mol. The fourth-order valence-corrected chi connectivity index (χ4v) is 4.89. The van der Waals surface area contributed by atoms with Crippen molar-refractivity contribution < 1.29 is 8.42 Å². The van der Waals surface area contributed by atoms with Crippen molar-refractivity contribution in [2.45, 2.75) is 17.9 Å². The Morgan fingerprint density at radius 2 is 1.54 bits per heavy atom. The fraction of sp³-hybridized carbons (Fsp3) is 0.0833. The summed E-state index contributed by atoms with van der Waals surface area (Å²) in [5.41, 5.74) is 3.64. The predicted molar refractivity (Wildman–Crippen MR) is 116 cm³/mol. The van der Waals surface area contributed by atoms with Gasteiger partial charge >= 0.3 is 0 Å². The number of hydrogen-bond donors (Lipinski definition) is 0. The summed E-state index contributed by atoms with van der Waals surface area (Å²) in [4.78, 5) is 0.293. The van der Waals surface area contributed by atoms with Crippen LogP contribution in [0.2, 0.25) is 0 Å². The quantitative estimate of drug-likeness (QED) is 0.609. The van der Waals surface area contributed by atoms with Crippen LogP contribution in [0.3, 0.4) is 0 Å². The zero-order valence-corrected chi connectivity index (χ0v) is 16.4. The molecule has 1 aliphatic rings. The van der Waals surface area contributed by atoms with Gasteiger partial charge in [0.05, 0.1) is 16.6 Å². The van der Waals surface area contributed by atoms with Crippen LogP contribution in [0, 0.1) is 6.92 Å². The molecule has 3 aromatic rings. The molecule has 28 heavy (non-hydrogen) atoms. The van der Waals surface area contributed by atoms with E-state index in [4.69, 9.17) is 0 Å². The number of fused-ring (bicyclic) bond motifs is 1. The zero-order valence-electron chi connectivity index (χ0n) is 15.6. The molecule has 1 aliphatic heterocycles. The Labute approximate surface area is 166 Å². The molecule has 3 nitrogen and oxygen atoms in total. The summed E-state index contributed by atoms with van der Waals surface area (Å²) < 4.78 is 28.6. The second kappa shape index (κ2) is 7.49. The van der Waals surface area contributed by atoms with Crippen LogP contribution in [0.4, 0.5) is 5.69 Å². The number of benzene rings is 3. The van der Waals surface area contributed by atoms with Gasteiger partial charge in [0.15, 0.2) is 0 Å². The first-order chi connectivity index (χ1) is 13.6. The van der Waals surface area contributed by atoms with Gasteiger partial charge in [0, 0.05) is 0 Å². The summed E-state index contributed by atoms with van der Waals surface area (Å²) >= 11 is 0. The lowest BCUT2D eigenvalue weighted by Crippen LogP contribution is -2.40. The van der Waals surface area contributed by atoms with E-state index in [1.165, 1.54) is 4.31 Å². The van der Waals surface area contributed by atoms with Gasteiger partial charge in [-0.2, -0.15) is 0 Å². The van der Waals surface area contributed by atoms with E-state index in [0.29, 0.717) is 10.6 Å². The third-order valence-corrected chi connectivity index (χ3v) is 6.61. The molecule has 4 heteroatoms. The van der Waals surface area contributed by atoms with Crippen molar-refractivity contribution in [2.75, 3.05) is 4.31 Å². The number of anilines is 1. The summed E-state index contributed by atoms with van der Waals surface area (Å²) in [7, 11) is -3.71. The average molecular weight is 388 g/mol. The predicted octanol–water partition coefficient (Wildman–Crippen LogP) is 5.30.